The van der Waals surface area contributed by atoms with E-state index in [2.05, 4.69) is 24.1 Å². The maximum atomic E-state index is 12.8. The smallest absolute Gasteiger partial charge is 0.262 e. The zero-order valence-electron chi connectivity index (χ0n) is 14.0. The van der Waals surface area contributed by atoms with Gasteiger partial charge in [-0.15, -0.1) is 0 Å². The van der Waals surface area contributed by atoms with E-state index in [0.717, 1.165) is 0 Å². The highest BCUT2D eigenvalue weighted by Gasteiger charge is 2.19. The Balaban J connectivity index is 2.47. The number of thioether (sulfide) groups is 1. The van der Waals surface area contributed by atoms with Crippen LogP contribution in [0.1, 0.15) is 27.7 Å². The van der Waals surface area contributed by atoms with Crippen LogP contribution in [0.4, 0.5) is 0 Å². The van der Waals surface area contributed by atoms with Gasteiger partial charge in [0, 0.05) is 13.1 Å². The Morgan fingerprint density at radius 3 is 2.65 bits per heavy atom. The summed E-state index contributed by atoms with van der Waals surface area (Å²) in [6.45, 7) is 9.01. The largest absolute Gasteiger partial charge is 0.355 e. The molecule has 0 fully saturated rings. The van der Waals surface area contributed by atoms with E-state index in [1.807, 2.05) is 32.0 Å². The van der Waals surface area contributed by atoms with E-state index >= 15 is 0 Å². The van der Waals surface area contributed by atoms with Gasteiger partial charge in [0.15, 0.2) is 5.16 Å². The minimum absolute atomic E-state index is 0.0454. The Bertz CT molecular complexity index is 755. The van der Waals surface area contributed by atoms with Crippen LogP contribution in [-0.4, -0.2) is 27.3 Å². The van der Waals surface area contributed by atoms with Crippen LogP contribution >= 0.6 is 11.8 Å². The normalized spacial score (nSPS) is 12.6. The van der Waals surface area contributed by atoms with Gasteiger partial charge in [0.2, 0.25) is 5.91 Å². The number of hydrogen-bond donors (Lipinski definition) is 1. The average Bonchev–Trinajstić information content (AvgIpc) is 2.51. The van der Waals surface area contributed by atoms with Crippen LogP contribution in [0.5, 0.6) is 0 Å². The number of para-hydroxylation sites is 1. The molecule has 2 rings (SSSR count). The van der Waals surface area contributed by atoms with Gasteiger partial charge in [-0.05, 0) is 31.9 Å². The molecule has 124 valence electrons. The van der Waals surface area contributed by atoms with Crippen molar-refractivity contribution in [3.8, 4) is 0 Å². The quantitative estimate of drug-likeness (QED) is 0.652. The molecule has 1 N–H and O–H groups in total. The predicted molar refractivity (Wildman–Crippen MR) is 94.8 cm³/mol. The van der Waals surface area contributed by atoms with Crippen LogP contribution in [0.2, 0.25) is 0 Å². The van der Waals surface area contributed by atoms with Crippen molar-refractivity contribution < 1.29 is 4.79 Å². The molecule has 0 aliphatic heterocycles. The minimum atomic E-state index is -0.304. The molecule has 1 amide bonds. The Morgan fingerprint density at radius 1 is 1.30 bits per heavy atom. The van der Waals surface area contributed by atoms with Gasteiger partial charge in [0.05, 0.1) is 16.2 Å². The molecule has 0 bridgehead atoms. The van der Waals surface area contributed by atoms with Gasteiger partial charge < -0.3 is 5.32 Å². The van der Waals surface area contributed by atoms with Crippen molar-refractivity contribution in [1.29, 1.82) is 0 Å². The van der Waals surface area contributed by atoms with E-state index in [9.17, 15) is 9.59 Å². The number of hydrogen-bond acceptors (Lipinski definition) is 4. The number of nitrogens with zero attached hydrogens (tertiary/aromatic N) is 2. The van der Waals surface area contributed by atoms with Crippen molar-refractivity contribution in [2.45, 2.75) is 44.6 Å². The summed E-state index contributed by atoms with van der Waals surface area (Å²) in [5.41, 5.74) is 0.623. The lowest BCUT2D eigenvalue weighted by molar-refractivity contribution is -0.120. The highest BCUT2D eigenvalue weighted by Crippen LogP contribution is 2.23. The van der Waals surface area contributed by atoms with Crippen LogP contribution in [0, 0.1) is 5.92 Å². The predicted octanol–water partition coefficient (Wildman–Crippen LogP) is 2.67. The van der Waals surface area contributed by atoms with E-state index < -0.39 is 0 Å². The highest BCUT2D eigenvalue weighted by atomic mass is 32.2. The number of carbonyl (C=O) groups is 1. The molecular formula is C17H23N3O2S. The Morgan fingerprint density at radius 2 is 2.00 bits per heavy atom. The third-order valence-corrected chi connectivity index (χ3v) is 4.47. The highest BCUT2D eigenvalue weighted by molar-refractivity contribution is 8.00. The summed E-state index contributed by atoms with van der Waals surface area (Å²) in [6.07, 6.45) is 0. The molecule has 5 nitrogen and oxygen atoms in total. The summed E-state index contributed by atoms with van der Waals surface area (Å²) in [4.78, 5) is 29.4. The zero-order valence-corrected chi connectivity index (χ0v) is 14.8. The van der Waals surface area contributed by atoms with Crippen LogP contribution in [0.25, 0.3) is 10.9 Å². The number of amides is 1. The van der Waals surface area contributed by atoms with Gasteiger partial charge in [-0.25, -0.2) is 4.98 Å². The molecule has 0 saturated carbocycles. The third-order valence-electron chi connectivity index (χ3n) is 3.38. The number of nitrogens with one attached hydrogen (secondary N) is 1. The molecule has 2 aromatic rings. The van der Waals surface area contributed by atoms with E-state index in [1.165, 1.54) is 11.8 Å². The number of aromatic nitrogens is 2. The Labute approximate surface area is 140 Å². The first-order chi connectivity index (χ1) is 10.9. The first-order valence-corrected chi connectivity index (χ1v) is 8.76. The fourth-order valence-electron chi connectivity index (χ4n) is 2.29. The van der Waals surface area contributed by atoms with Crippen molar-refractivity contribution >= 4 is 28.6 Å². The molecule has 0 aliphatic carbocycles. The molecule has 0 radical (unpaired) electrons. The SMILES string of the molecule is CCNC(=O)[C@@H](C)Sc1nc2ccccc2c(=O)n1CC(C)C. The lowest BCUT2D eigenvalue weighted by Gasteiger charge is -2.17. The van der Waals surface area contributed by atoms with E-state index in [1.54, 1.807) is 10.6 Å². The van der Waals surface area contributed by atoms with Gasteiger partial charge in [0.1, 0.15) is 0 Å². The summed E-state index contributed by atoms with van der Waals surface area (Å²) in [6, 6.07) is 7.33. The summed E-state index contributed by atoms with van der Waals surface area (Å²) in [5, 5.41) is 3.71. The molecule has 0 unspecified atom stereocenters. The minimum Gasteiger partial charge on any atom is -0.355 e. The molecule has 0 spiro atoms. The molecule has 23 heavy (non-hydrogen) atoms. The van der Waals surface area contributed by atoms with Crippen molar-refractivity contribution in [1.82, 2.24) is 14.9 Å². The van der Waals surface area contributed by atoms with E-state index in [-0.39, 0.29) is 16.7 Å². The van der Waals surface area contributed by atoms with Gasteiger partial charge in [-0.2, -0.15) is 0 Å². The van der Waals surface area contributed by atoms with Crippen LogP contribution in [-0.2, 0) is 11.3 Å². The van der Waals surface area contributed by atoms with Gasteiger partial charge in [-0.1, -0.05) is 37.7 Å². The summed E-state index contributed by atoms with van der Waals surface area (Å²) >= 11 is 1.33. The van der Waals surface area contributed by atoms with E-state index in [0.29, 0.717) is 35.1 Å². The van der Waals surface area contributed by atoms with Crippen LogP contribution in [0.15, 0.2) is 34.2 Å². The number of fused-ring (bicyclic) bond motifs is 1. The molecule has 1 aromatic carbocycles. The van der Waals surface area contributed by atoms with Crippen molar-refractivity contribution in [3.05, 3.63) is 34.6 Å². The number of carbonyl (C=O) groups excluding carboxylic acids is 1. The molecular weight excluding hydrogens is 310 g/mol. The Kier molecular flexibility index (Phi) is 5.82. The summed E-state index contributed by atoms with van der Waals surface area (Å²) in [5.74, 6) is 0.269. The van der Waals surface area contributed by atoms with Gasteiger partial charge >= 0.3 is 0 Å². The summed E-state index contributed by atoms with van der Waals surface area (Å²) in [7, 11) is 0. The fraction of sp³-hybridized carbons (Fsp3) is 0.471. The lowest BCUT2D eigenvalue weighted by Crippen LogP contribution is -2.32. The third kappa shape index (κ3) is 4.13. The maximum Gasteiger partial charge on any atom is 0.262 e. The van der Waals surface area contributed by atoms with Crippen molar-refractivity contribution in [2.75, 3.05) is 6.54 Å². The second-order valence-electron chi connectivity index (χ2n) is 5.88. The van der Waals surface area contributed by atoms with E-state index in [4.69, 9.17) is 0 Å². The molecule has 0 aliphatic rings. The molecule has 1 atom stereocenters. The topological polar surface area (TPSA) is 64.0 Å². The fourth-order valence-corrected chi connectivity index (χ4v) is 3.24. The van der Waals surface area contributed by atoms with Crippen LogP contribution < -0.4 is 10.9 Å². The Hall–Kier alpha value is -1.82. The first-order valence-electron chi connectivity index (χ1n) is 7.88. The summed E-state index contributed by atoms with van der Waals surface area (Å²) < 4.78 is 1.69. The standard InChI is InChI=1S/C17H23N3O2S/c1-5-18-15(21)12(4)23-17-19-14-9-7-6-8-13(14)16(22)20(17)10-11(2)3/h6-9,11-12H,5,10H2,1-4H3,(H,18,21)/t12-/m1/s1. The number of benzene rings is 1. The van der Waals surface area contributed by atoms with Crippen molar-refractivity contribution in [2.24, 2.45) is 5.92 Å². The van der Waals surface area contributed by atoms with Gasteiger partial charge in [0.25, 0.3) is 5.56 Å². The first kappa shape index (κ1) is 17.5. The molecule has 1 aromatic heterocycles. The molecule has 6 heteroatoms. The second-order valence-corrected chi connectivity index (χ2v) is 7.18. The zero-order chi connectivity index (χ0) is 17.0. The van der Waals surface area contributed by atoms with Crippen molar-refractivity contribution in [3.63, 3.8) is 0 Å². The van der Waals surface area contributed by atoms with Crippen LogP contribution in [0.3, 0.4) is 0 Å². The molecule has 1 heterocycles. The maximum absolute atomic E-state index is 12.8. The monoisotopic (exact) mass is 333 g/mol. The molecule has 0 saturated heterocycles. The lowest BCUT2D eigenvalue weighted by atomic mass is 10.2. The number of rotatable bonds is 6. The average molecular weight is 333 g/mol. The van der Waals surface area contributed by atoms with Gasteiger partial charge in [-0.3, -0.25) is 14.2 Å². The second kappa shape index (κ2) is 7.64.